The number of methoxy groups -OCH3 is 1. The van der Waals surface area contributed by atoms with E-state index in [9.17, 15) is 9.18 Å². The van der Waals surface area contributed by atoms with Crippen molar-refractivity contribution in [1.29, 1.82) is 0 Å². The molecule has 227 valence electrons. The Labute approximate surface area is 243 Å². The Bertz CT molecular complexity index is 899. The monoisotopic (exact) mass is 560 g/mol. The number of halogens is 1. The molecule has 0 aromatic heterocycles. The number of anilines is 1. The Kier molecular flexibility index (Phi) is 16.3. The summed E-state index contributed by atoms with van der Waals surface area (Å²) in [7, 11) is 3.25. The van der Waals surface area contributed by atoms with Gasteiger partial charge in [0.25, 0.3) is 0 Å². The highest BCUT2D eigenvalue weighted by Gasteiger charge is 2.42. The average molecular weight is 561 g/mol. The van der Waals surface area contributed by atoms with Gasteiger partial charge in [0.2, 0.25) is 5.91 Å². The molecule has 6 nitrogen and oxygen atoms in total. The summed E-state index contributed by atoms with van der Waals surface area (Å²) >= 11 is 0. The van der Waals surface area contributed by atoms with Crippen LogP contribution in [0, 0.1) is 23.1 Å². The van der Waals surface area contributed by atoms with Crippen LogP contribution >= 0.6 is 0 Å². The molecule has 0 bridgehead atoms. The minimum absolute atomic E-state index is 0.0829. The second-order valence-corrected chi connectivity index (χ2v) is 11.5. The van der Waals surface area contributed by atoms with E-state index in [0.717, 1.165) is 83.1 Å². The van der Waals surface area contributed by atoms with Gasteiger partial charge in [-0.2, -0.15) is 0 Å². The van der Waals surface area contributed by atoms with Gasteiger partial charge in [0, 0.05) is 59.2 Å². The van der Waals surface area contributed by atoms with E-state index in [1.165, 1.54) is 17.6 Å². The van der Waals surface area contributed by atoms with Crippen LogP contribution in [0.1, 0.15) is 72.8 Å². The van der Waals surface area contributed by atoms with E-state index < -0.39 is 0 Å². The van der Waals surface area contributed by atoms with Crippen LogP contribution in [0.2, 0.25) is 0 Å². The van der Waals surface area contributed by atoms with Crippen molar-refractivity contribution >= 4 is 18.4 Å². The van der Waals surface area contributed by atoms with E-state index in [0.29, 0.717) is 5.92 Å². The van der Waals surface area contributed by atoms with Crippen molar-refractivity contribution in [2.75, 3.05) is 64.9 Å². The lowest BCUT2D eigenvalue weighted by Gasteiger charge is -2.38. The molecule has 2 saturated heterocycles. The van der Waals surface area contributed by atoms with Crippen molar-refractivity contribution in [3.05, 3.63) is 47.1 Å². The van der Waals surface area contributed by atoms with Crippen molar-refractivity contribution in [2.24, 2.45) is 11.3 Å². The standard InChI is InChI=1S/C28H41FN3O.C2H6O.C2H6.CH2O/c1-5-6-22-7-8-23(29)19-26(22)31-17-15-30(16-18-31)12-9-21-10-13-32(14-11-21)27(33)24-20-25(24)28(2,3)4;1-3-2;2*1-2/h7-8,19-21H,5-6,9-18H2,1-4H3;1-2H3;1-2H3;1H2. The summed E-state index contributed by atoms with van der Waals surface area (Å²) in [6, 6.07) is 5.27. The molecule has 4 rings (SSSR count). The minimum Gasteiger partial charge on any atom is -0.388 e. The van der Waals surface area contributed by atoms with Gasteiger partial charge in [-0.1, -0.05) is 60.1 Å². The number of benzene rings is 1. The second-order valence-electron chi connectivity index (χ2n) is 11.5. The van der Waals surface area contributed by atoms with Crippen molar-refractivity contribution in [3.63, 3.8) is 0 Å². The van der Waals surface area contributed by atoms with Gasteiger partial charge < -0.3 is 19.3 Å². The zero-order chi connectivity index (χ0) is 30.3. The number of aryl methyl sites for hydroxylation is 1. The summed E-state index contributed by atoms with van der Waals surface area (Å²) in [4.78, 5) is 27.8. The summed E-state index contributed by atoms with van der Waals surface area (Å²) in [5.41, 5.74) is 3.67. The van der Waals surface area contributed by atoms with Crippen LogP contribution in [0.25, 0.3) is 0 Å². The highest BCUT2D eigenvalue weighted by Crippen LogP contribution is 2.46. The summed E-state index contributed by atoms with van der Waals surface area (Å²) < 4.78 is 18.1. The van der Waals surface area contributed by atoms with Gasteiger partial charge >= 0.3 is 0 Å². The lowest BCUT2D eigenvalue weighted by Crippen LogP contribution is -2.47. The van der Waals surface area contributed by atoms with Crippen LogP contribution in [-0.4, -0.2) is 82.5 Å². The predicted molar refractivity (Wildman–Crippen MR) is 165 cm³/mol. The fourth-order valence-electron chi connectivity index (χ4n) is 5.39. The molecule has 1 amide bonds. The van der Waals surface area contributed by atoms with E-state index in [2.05, 4.69) is 53.2 Å². The van der Waals surface area contributed by atoms with Crippen LogP contribution < -0.4 is 4.90 Å². The third kappa shape index (κ3) is 11.0. The van der Waals surface area contributed by atoms with Crippen LogP contribution in [0.5, 0.6) is 0 Å². The molecule has 3 aliphatic rings. The number of carbonyl (C=O) groups is 2. The Hall–Kier alpha value is -2.25. The second kappa shape index (κ2) is 18.2. The Morgan fingerprint density at radius 1 is 1.02 bits per heavy atom. The number of carbonyl (C=O) groups excluding carboxylic acids is 2. The molecular weight excluding hydrogens is 505 g/mol. The lowest BCUT2D eigenvalue weighted by molar-refractivity contribution is -0.129. The first-order valence-corrected chi connectivity index (χ1v) is 15.0. The minimum atomic E-state index is -0.136. The number of nitrogens with zero attached hydrogens (tertiary/aromatic N) is 3. The van der Waals surface area contributed by atoms with Gasteiger partial charge in [-0.3, -0.25) is 9.69 Å². The highest BCUT2D eigenvalue weighted by molar-refractivity contribution is 6.03. The van der Waals surface area contributed by atoms with Gasteiger partial charge in [0.05, 0.1) is 0 Å². The molecule has 0 spiro atoms. The smallest absolute Gasteiger partial charge is 0.238 e. The van der Waals surface area contributed by atoms with E-state index in [4.69, 9.17) is 4.79 Å². The maximum absolute atomic E-state index is 13.9. The number of piperidine rings is 1. The molecule has 0 unspecified atom stereocenters. The van der Waals surface area contributed by atoms with Crippen molar-refractivity contribution in [3.8, 4) is 0 Å². The number of ether oxygens (including phenoxy) is 1. The molecule has 2 heterocycles. The number of hydrogen-bond donors (Lipinski definition) is 0. The fourth-order valence-corrected chi connectivity index (χ4v) is 5.39. The molecule has 2 fully saturated rings. The molecule has 7 heteroatoms. The molecule has 0 saturated carbocycles. The Balaban J connectivity index is 0.00000105. The molecule has 1 aromatic carbocycles. The molecule has 1 aromatic rings. The van der Waals surface area contributed by atoms with Crippen LogP contribution in [0.4, 0.5) is 10.1 Å². The molecular formula is C33H55FN3O3. The average Bonchev–Trinajstić information content (AvgIpc) is 3.78. The summed E-state index contributed by atoms with van der Waals surface area (Å²) in [5, 5.41) is 0. The number of amides is 1. The molecule has 40 heavy (non-hydrogen) atoms. The quantitative estimate of drug-likeness (QED) is 0.398. The predicted octanol–water partition coefficient (Wildman–Crippen LogP) is 6.19. The maximum atomic E-state index is 13.9. The van der Waals surface area contributed by atoms with E-state index >= 15 is 0 Å². The van der Waals surface area contributed by atoms with E-state index in [1.54, 1.807) is 26.4 Å². The maximum Gasteiger partial charge on any atom is 0.238 e. The fraction of sp³-hybridized carbons (Fsp3) is 0.667. The van der Waals surface area contributed by atoms with Crippen molar-refractivity contribution in [2.45, 2.75) is 73.6 Å². The summed E-state index contributed by atoms with van der Waals surface area (Å²) in [5.74, 6) is 1.78. The zero-order valence-electron chi connectivity index (χ0n) is 26.5. The topological polar surface area (TPSA) is 53.1 Å². The van der Waals surface area contributed by atoms with Crippen molar-refractivity contribution in [1.82, 2.24) is 9.80 Å². The highest BCUT2D eigenvalue weighted by atomic mass is 19.1. The van der Waals surface area contributed by atoms with Gasteiger partial charge in [-0.05, 0) is 66.8 Å². The number of likely N-dealkylation sites (tertiary alicyclic amines) is 1. The number of hydrogen-bond acceptors (Lipinski definition) is 5. The lowest BCUT2D eigenvalue weighted by atomic mass is 9.89. The Morgan fingerprint density at radius 2 is 1.60 bits per heavy atom. The van der Waals surface area contributed by atoms with Gasteiger partial charge in [0.1, 0.15) is 18.5 Å². The first-order valence-electron chi connectivity index (χ1n) is 15.0. The third-order valence-electron chi connectivity index (χ3n) is 7.57. The first-order chi connectivity index (χ1) is 19.2. The molecule has 2 aliphatic heterocycles. The van der Waals surface area contributed by atoms with Crippen molar-refractivity contribution < 1.29 is 18.7 Å². The summed E-state index contributed by atoms with van der Waals surface area (Å²) in [6.07, 6.45) is 7.61. The number of rotatable bonds is 7. The van der Waals surface area contributed by atoms with Crippen LogP contribution in [0.15, 0.2) is 29.8 Å². The SMILES string of the molecule is C=O.CC.CCCc1ccc(F)cc1N1CCN(CCC2CCN(C(=O)[C]3C=C3C(C)(C)C)CC2)CC1.COC. The van der Waals surface area contributed by atoms with E-state index in [-0.39, 0.29) is 17.1 Å². The van der Waals surface area contributed by atoms with Crippen LogP contribution in [0.3, 0.4) is 0 Å². The van der Waals surface area contributed by atoms with Gasteiger partial charge in [0.15, 0.2) is 0 Å². The number of piperazine rings is 1. The molecule has 0 N–H and O–H groups in total. The Morgan fingerprint density at radius 3 is 2.10 bits per heavy atom. The first kappa shape index (κ1) is 35.8. The molecule has 0 atom stereocenters. The largest absolute Gasteiger partial charge is 0.388 e. The third-order valence-corrected chi connectivity index (χ3v) is 7.57. The molecule has 1 radical (unpaired) electrons. The van der Waals surface area contributed by atoms with Crippen LogP contribution in [-0.2, 0) is 20.7 Å². The molecule has 1 aliphatic carbocycles. The normalized spacial score (nSPS) is 17.9. The van der Waals surface area contributed by atoms with E-state index in [1.807, 2.05) is 26.7 Å². The van der Waals surface area contributed by atoms with Gasteiger partial charge in [-0.25, -0.2) is 4.39 Å². The van der Waals surface area contributed by atoms with Gasteiger partial charge in [-0.15, -0.1) is 0 Å². The summed E-state index contributed by atoms with van der Waals surface area (Å²) in [6.45, 7) is 21.6. The zero-order valence-corrected chi connectivity index (χ0v) is 26.5.